The smallest absolute Gasteiger partial charge is 0.289 e. The third-order valence-corrected chi connectivity index (χ3v) is 7.04. The Kier molecular flexibility index (Phi) is 7.06. The Morgan fingerprint density at radius 2 is 1.89 bits per heavy atom. The van der Waals surface area contributed by atoms with Crippen LogP contribution in [0.1, 0.15) is 42.4 Å². The molecular formula is C27H33N5O4. The summed E-state index contributed by atoms with van der Waals surface area (Å²) in [5, 5.41) is 0.979. The van der Waals surface area contributed by atoms with Crippen molar-refractivity contribution < 1.29 is 18.7 Å². The zero-order valence-corrected chi connectivity index (χ0v) is 21.0. The number of nitrogens with zero attached hydrogens (tertiary/aromatic N) is 5. The average Bonchev–Trinajstić information content (AvgIpc) is 3.33. The molecule has 36 heavy (non-hydrogen) atoms. The number of ether oxygens (including phenoxy) is 1. The zero-order chi connectivity index (χ0) is 25.1. The van der Waals surface area contributed by atoms with Gasteiger partial charge in [0.25, 0.3) is 5.91 Å². The van der Waals surface area contributed by atoms with E-state index in [-0.39, 0.29) is 17.7 Å². The fourth-order valence-corrected chi connectivity index (χ4v) is 5.16. The largest absolute Gasteiger partial charge is 0.494 e. The number of benzene rings is 1. The lowest BCUT2D eigenvalue weighted by Gasteiger charge is -2.35. The minimum atomic E-state index is -0.115. The van der Waals surface area contributed by atoms with Crippen LogP contribution in [-0.4, -0.2) is 77.5 Å². The van der Waals surface area contributed by atoms with Crippen LogP contribution in [0.15, 0.2) is 41.0 Å². The Labute approximate surface area is 211 Å². The number of aryl methyl sites for hydroxylation is 1. The molecule has 0 N–H and O–H groups in total. The van der Waals surface area contributed by atoms with Crippen LogP contribution in [0.4, 0.5) is 5.95 Å². The molecule has 2 amide bonds. The van der Waals surface area contributed by atoms with Gasteiger partial charge >= 0.3 is 0 Å². The lowest BCUT2D eigenvalue weighted by molar-refractivity contribution is -0.135. The fourth-order valence-electron chi connectivity index (χ4n) is 5.16. The van der Waals surface area contributed by atoms with Gasteiger partial charge in [-0.15, -0.1) is 0 Å². The highest BCUT2D eigenvalue weighted by Gasteiger charge is 2.32. The lowest BCUT2D eigenvalue weighted by atomic mass is 9.96. The van der Waals surface area contributed by atoms with Crippen LogP contribution < -0.4 is 9.64 Å². The maximum absolute atomic E-state index is 13.5. The minimum Gasteiger partial charge on any atom is -0.494 e. The summed E-state index contributed by atoms with van der Waals surface area (Å²) in [7, 11) is 0. The van der Waals surface area contributed by atoms with Gasteiger partial charge in [0.05, 0.1) is 30.0 Å². The Balaban J connectivity index is 1.25. The summed E-state index contributed by atoms with van der Waals surface area (Å²) in [6, 6.07) is 9.29. The number of hydrogen-bond acceptors (Lipinski definition) is 7. The lowest BCUT2D eigenvalue weighted by Crippen LogP contribution is -2.46. The van der Waals surface area contributed by atoms with Crippen molar-refractivity contribution in [2.45, 2.75) is 33.1 Å². The second-order valence-corrected chi connectivity index (χ2v) is 9.45. The zero-order valence-electron chi connectivity index (χ0n) is 21.0. The number of carbonyl (C=O) groups excluding carboxylic acids is 2. The maximum atomic E-state index is 13.5. The Hall–Kier alpha value is -3.62. The van der Waals surface area contributed by atoms with E-state index in [0.29, 0.717) is 51.0 Å². The summed E-state index contributed by atoms with van der Waals surface area (Å²) in [6.07, 6.45) is 4.03. The normalized spacial score (nSPS) is 18.8. The summed E-state index contributed by atoms with van der Waals surface area (Å²) < 4.78 is 10.9. The highest BCUT2D eigenvalue weighted by Crippen LogP contribution is 2.27. The Bertz CT molecular complexity index is 1230. The molecule has 190 valence electrons. The van der Waals surface area contributed by atoms with Crippen LogP contribution in [0.25, 0.3) is 10.9 Å². The summed E-state index contributed by atoms with van der Waals surface area (Å²) >= 11 is 0. The first-order valence-electron chi connectivity index (χ1n) is 12.8. The van der Waals surface area contributed by atoms with Crippen molar-refractivity contribution in [2.75, 3.05) is 50.8 Å². The van der Waals surface area contributed by atoms with Gasteiger partial charge in [0.1, 0.15) is 5.75 Å². The van der Waals surface area contributed by atoms with Gasteiger partial charge in [-0.1, -0.05) is 0 Å². The third kappa shape index (κ3) is 5.01. The molecule has 0 bridgehead atoms. The fraction of sp³-hybridized carbons (Fsp3) is 0.481. The topological polar surface area (TPSA) is 92.0 Å². The molecule has 4 heterocycles. The molecule has 0 aliphatic carbocycles. The molecule has 0 saturated carbocycles. The van der Waals surface area contributed by atoms with Gasteiger partial charge in [0.2, 0.25) is 11.9 Å². The number of fused-ring (bicyclic) bond motifs is 1. The summed E-state index contributed by atoms with van der Waals surface area (Å²) in [4.78, 5) is 41.6. The van der Waals surface area contributed by atoms with Crippen LogP contribution in [0.2, 0.25) is 0 Å². The number of carbonyl (C=O) groups is 2. The second-order valence-electron chi connectivity index (χ2n) is 9.45. The number of anilines is 1. The van der Waals surface area contributed by atoms with E-state index in [1.54, 1.807) is 17.0 Å². The molecule has 2 aliphatic heterocycles. The van der Waals surface area contributed by atoms with E-state index in [1.807, 2.05) is 36.9 Å². The van der Waals surface area contributed by atoms with Crippen LogP contribution in [0, 0.1) is 12.8 Å². The van der Waals surface area contributed by atoms with Crippen LogP contribution in [-0.2, 0) is 4.79 Å². The number of rotatable bonds is 5. The molecule has 9 heteroatoms. The molecular weight excluding hydrogens is 458 g/mol. The number of aromatic nitrogens is 2. The van der Waals surface area contributed by atoms with E-state index in [9.17, 15) is 9.59 Å². The molecule has 5 rings (SSSR count). The van der Waals surface area contributed by atoms with Crippen molar-refractivity contribution in [1.82, 2.24) is 19.8 Å². The SMILES string of the molecule is CCOc1ccc2nc(N3CCCC(C(=O)N4CCCN(C(=O)c5ccco5)CC4)C3)nc(C)c2c1. The predicted molar refractivity (Wildman–Crippen MR) is 136 cm³/mol. The monoisotopic (exact) mass is 491 g/mol. The van der Waals surface area contributed by atoms with Gasteiger partial charge < -0.3 is 23.9 Å². The standard InChI is InChI=1S/C27H33N5O4/c1-3-35-21-9-10-23-22(17-21)19(2)28-27(29-23)32-11-4-7-20(18-32)25(33)30-12-6-13-31(15-14-30)26(34)24-8-5-16-36-24/h5,8-10,16-17,20H,3-4,6-7,11-15,18H2,1-2H3. The first kappa shape index (κ1) is 24.1. The van der Waals surface area contributed by atoms with Gasteiger partial charge in [-0.2, -0.15) is 0 Å². The van der Waals surface area contributed by atoms with Crippen LogP contribution in [0.3, 0.4) is 0 Å². The molecule has 2 aliphatic rings. The van der Waals surface area contributed by atoms with E-state index in [2.05, 4.69) is 4.90 Å². The van der Waals surface area contributed by atoms with Crippen LogP contribution in [0.5, 0.6) is 5.75 Å². The van der Waals surface area contributed by atoms with Gasteiger partial charge in [0, 0.05) is 44.7 Å². The first-order chi connectivity index (χ1) is 17.5. The number of amides is 2. The second kappa shape index (κ2) is 10.6. The highest BCUT2D eigenvalue weighted by atomic mass is 16.5. The number of piperidine rings is 1. The quantitative estimate of drug-likeness (QED) is 0.539. The molecule has 2 fully saturated rings. The maximum Gasteiger partial charge on any atom is 0.289 e. The van der Waals surface area contributed by atoms with E-state index < -0.39 is 0 Å². The highest BCUT2D eigenvalue weighted by molar-refractivity contribution is 5.91. The average molecular weight is 492 g/mol. The van der Waals surface area contributed by atoms with Crippen molar-refractivity contribution in [3.8, 4) is 5.75 Å². The molecule has 2 aromatic heterocycles. The van der Waals surface area contributed by atoms with Crippen molar-refractivity contribution in [1.29, 1.82) is 0 Å². The molecule has 2 saturated heterocycles. The molecule has 3 aromatic rings. The predicted octanol–water partition coefficient (Wildman–Crippen LogP) is 3.52. The van der Waals surface area contributed by atoms with Crippen molar-refractivity contribution in [3.63, 3.8) is 0 Å². The summed E-state index contributed by atoms with van der Waals surface area (Å²) in [5.41, 5.74) is 1.78. The third-order valence-electron chi connectivity index (χ3n) is 7.04. The molecule has 9 nitrogen and oxygen atoms in total. The summed E-state index contributed by atoms with van der Waals surface area (Å²) in [5.74, 6) is 1.77. The molecule has 1 aromatic carbocycles. The van der Waals surface area contributed by atoms with Crippen LogP contribution >= 0.6 is 0 Å². The summed E-state index contributed by atoms with van der Waals surface area (Å²) in [6.45, 7) is 8.33. The van der Waals surface area contributed by atoms with Crippen molar-refractivity contribution >= 4 is 28.7 Å². The van der Waals surface area contributed by atoms with E-state index >= 15 is 0 Å². The number of furan rings is 1. The first-order valence-corrected chi connectivity index (χ1v) is 12.8. The minimum absolute atomic E-state index is 0.106. The van der Waals surface area contributed by atoms with Gasteiger partial charge in [0.15, 0.2) is 5.76 Å². The van der Waals surface area contributed by atoms with Gasteiger partial charge in [-0.05, 0) is 63.4 Å². The Morgan fingerprint density at radius 1 is 1.06 bits per heavy atom. The van der Waals surface area contributed by atoms with Crippen molar-refractivity contribution in [2.24, 2.45) is 5.92 Å². The molecule has 1 unspecified atom stereocenters. The van der Waals surface area contributed by atoms with Gasteiger partial charge in [-0.3, -0.25) is 9.59 Å². The van der Waals surface area contributed by atoms with Gasteiger partial charge in [-0.25, -0.2) is 9.97 Å². The van der Waals surface area contributed by atoms with Crippen molar-refractivity contribution in [3.05, 3.63) is 48.0 Å². The molecule has 1 atom stereocenters. The Morgan fingerprint density at radius 3 is 2.69 bits per heavy atom. The number of hydrogen-bond donors (Lipinski definition) is 0. The molecule has 0 radical (unpaired) electrons. The molecule has 0 spiro atoms. The van der Waals surface area contributed by atoms with E-state index in [1.165, 1.54) is 6.26 Å². The van der Waals surface area contributed by atoms with E-state index in [4.69, 9.17) is 19.1 Å². The van der Waals surface area contributed by atoms with E-state index in [0.717, 1.165) is 48.2 Å².